The van der Waals surface area contributed by atoms with Gasteiger partial charge in [0.05, 0.1) is 17.8 Å². The van der Waals surface area contributed by atoms with Gasteiger partial charge in [-0.2, -0.15) is 0 Å². The minimum absolute atomic E-state index is 0.0252. The molecule has 4 aromatic rings. The average Bonchev–Trinajstić information content (AvgIpc) is 3.44. The van der Waals surface area contributed by atoms with Crippen LogP contribution in [0.5, 0.6) is 0 Å². The van der Waals surface area contributed by atoms with E-state index in [0.29, 0.717) is 18.8 Å². The standard InChI is InChI=1S/C22H21N5O2/c1-25-11-12-26(22(28)20-8-5-13-29-20)15-19(25)21-18-10-9-17(14-27(18)24-23-21)16-6-3-2-4-7-16/h2-10,13-14,19H,11-12,15H2,1H3/t19-/m0/s1. The fourth-order valence-corrected chi connectivity index (χ4v) is 3.86. The van der Waals surface area contributed by atoms with E-state index in [0.717, 1.165) is 28.9 Å². The van der Waals surface area contributed by atoms with Gasteiger partial charge in [0, 0.05) is 31.4 Å². The molecule has 1 fully saturated rings. The quantitative estimate of drug-likeness (QED) is 0.540. The second kappa shape index (κ2) is 7.18. The smallest absolute Gasteiger partial charge is 0.289 e. The van der Waals surface area contributed by atoms with Crippen molar-refractivity contribution >= 4 is 11.4 Å². The molecule has 1 saturated heterocycles. The Balaban J connectivity index is 1.45. The number of fused-ring (bicyclic) bond motifs is 1. The Hall–Kier alpha value is -3.45. The highest BCUT2D eigenvalue weighted by Crippen LogP contribution is 2.28. The minimum Gasteiger partial charge on any atom is -0.459 e. The first kappa shape index (κ1) is 17.6. The number of aromatic nitrogens is 3. The summed E-state index contributed by atoms with van der Waals surface area (Å²) >= 11 is 0. The largest absolute Gasteiger partial charge is 0.459 e. The lowest BCUT2D eigenvalue weighted by molar-refractivity contribution is 0.0513. The molecule has 1 aromatic carbocycles. The maximum Gasteiger partial charge on any atom is 0.289 e. The number of furan rings is 1. The number of likely N-dealkylation sites (N-methyl/N-ethyl adjacent to an activating group) is 1. The van der Waals surface area contributed by atoms with E-state index in [4.69, 9.17) is 4.42 Å². The Morgan fingerprint density at radius 1 is 1.03 bits per heavy atom. The zero-order valence-corrected chi connectivity index (χ0v) is 16.1. The van der Waals surface area contributed by atoms with Crippen LogP contribution in [-0.4, -0.2) is 57.2 Å². The van der Waals surface area contributed by atoms with Gasteiger partial charge in [0.15, 0.2) is 5.76 Å². The van der Waals surface area contributed by atoms with E-state index < -0.39 is 0 Å². The van der Waals surface area contributed by atoms with Gasteiger partial charge in [-0.25, -0.2) is 4.52 Å². The maximum atomic E-state index is 12.7. The summed E-state index contributed by atoms with van der Waals surface area (Å²) in [5.41, 5.74) is 4.05. The fraction of sp³-hybridized carbons (Fsp3) is 0.227. The molecule has 0 bridgehead atoms. The maximum absolute atomic E-state index is 12.7. The SMILES string of the molecule is CN1CCN(C(=O)c2ccco2)C[C@H]1c1nnn2cc(-c3ccccc3)ccc12. The topological polar surface area (TPSA) is 66.9 Å². The molecule has 29 heavy (non-hydrogen) atoms. The minimum atomic E-state index is -0.0871. The van der Waals surface area contributed by atoms with Crippen LogP contribution >= 0.6 is 0 Å². The van der Waals surface area contributed by atoms with Crippen LogP contribution in [0.4, 0.5) is 0 Å². The van der Waals surface area contributed by atoms with Gasteiger partial charge in [-0.05, 0) is 30.8 Å². The highest BCUT2D eigenvalue weighted by molar-refractivity contribution is 5.91. The first-order valence-electron chi connectivity index (χ1n) is 9.64. The van der Waals surface area contributed by atoms with E-state index in [2.05, 4.69) is 46.5 Å². The summed E-state index contributed by atoms with van der Waals surface area (Å²) in [7, 11) is 2.06. The number of amides is 1. The third-order valence-corrected chi connectivity index (χ3v) is 5.53. The van der Waals surface area contributed by atoms with Crippen LogP contribution in [0.3, 0.4) is 0 Å². The van der Waals surface area contributed by atoms with Crippen molar-refractivity contribution in [3.05, 3.63) is 78.5 Å². The van der Waals surface area contributed by atoms with Gasteiger partial charge in [-0.3, -0.25) is 9.69 Å². The van der Waals surface area contributed by atoms with Gasteiger partial charge in [0.2, 0.25) is 0 Å². The summed E-state index contributed by atoms with van der Waals surface area (Å²) in [5.74, 6) is 0.282. The molecule has 4 heterocycles. The molecule has 0 spiro atoms. The summed E-state index contributed by atoms with van der Waals surface area (Å²) in [5, 5.41) is 8.82. The third kappa shape index (κ3) is 3.19. The van der Waals surface area contributed by atoms with Crippen molar-refractivity contribution in [2.75, 3.05) is 26.7 Å². The normalized spacial score (nSPS) is 17.7. The first-order valence-corrected chi connectivity index (χ1v) is 9.64. The summed E-state index contributed by atoms with van der Waals surface area (Å²) in [6, 6.07) is 17.8. The van der Waals surface area contributed by atoms with E-state index in [9.17, 15) is 4.79 Å². The molecular weight excluding hydrogens is 366 g/mol. The molecule has 1 aliphatic rings. The highest BCUT2D eigenvalue weighted by Gasteiger charge is 2.32. The number of hydrogen-bond donors (Lipinski definition) is 0. The molecule has 0 radical (unpaired) electrons. The molecule has 1 amide bonds. The molecule has 7 heteroatoms. The second-order valence-corrected chi connectivity index (χ2v) is 7.31. The number of rotatable bonds is 3. The Kier molecular flexibility index (Phi) is 4.37. The zero-order chi connectivity index (χ0) is 19.8. The van der Waals surface area contributed by atoms with Gasteiger partial charge in [0.25, 0.3) is 5.91 Å². The van der Waals surface area contributed by atoms with Gasteiger partial charge in [-0.1, -0.05) is 41.6 Å². The molecule has 0 saturated carbocycles. The van der Waals surface area contributed by atoms with Crippen LogP contribution < -0.4 is 0 Å². The van der Waals surface area contributed by atoms with Crippen molar-refractivity contribution in [2.24, 2.45) is 0 Å². The molecule has 5 rings (SSSR count). The lowest BCUT2D eigenvalue weighted by atomic mass is 10.1. The van der Waals surface area contributed by atoms with Crippen molar-refractivity contribution in [3.63, 3.8) is 0 Å². The van der Waals surface area contributed by atoms with E-state index in [1.165, 1.54) is 6.26 Å². The number of carbonyl (C=O) groups is 1. The van der Waals surface area contributed by atoms with Crippen molar-refractivity contribution in [1.29, 1.82) is 0 Å². The van der Waals surface area contributed by atoms with Gasteiger partial charge in [0.1, 0.15) is 5.69 Å². The predicted octanol–water partition coefficient (Wildman–Crippen LogP) is 3.12. The lowest BCUT2D eigenvalue weighted by Crippen LogP contribution is -2.49. The average molecular weight is 387 g/mol. The predicted molar refractivity (Wildman–Crippen MR) is 108 cm³/mol. The molecular formula is C22H21N5O2. The van der Waals surface area contributed by atoms with E-state index >= 15 is 0 Å². The molecule has 1 atom stereocenters. The molecule has 0 aliphatic carbocycles. The molecule has 7 nitrogen and oxygen atoms in total. The number of nitrogens with zero attached hydrogens (tertiary/aromatic N) is 5. The van der Waals surface area contributed by atoms with E-state index in [1.807, 2.05) is 33.8 Å². The summed E-state index contributed by atoms with van der Waals surface area (Å²) < 4.78 is 7.11. The van der Waals surface area contributed by atoms with Gasteiger partial charge in [-0.15, -0.1) is 5.10 Å². The van der Waals surface area contributed by atoms with Crippen LogP contribution in [0.15, 0.2) is 71.5 Å². The molecule has 0 N–H and O–H groups in total. The Bertz CT molecular complexity index is 1140. The number of benzene rings is 1. The molecule has 3 aromatic heterocycles. The fourth-order valence-electron chi connectivity index (χ4n) is 3.86. The van der Waals surface area contributed by atoms with Crippen molar-refractivity contribution < 1.29 is 9.21 Å². The monoisotopic (exact) mass is 387 g/mol. The van der Waals surface area contributed by atoms with Crippen LogP contribution in [0, 0.1) is 0 Å². The first-order chi connectivity index (χ1) is 14.2. The third-order valence-electron chi connectivity index (χ3n) is 5.53. The number of hydrogen-bond acceptors (Lipinski definition) is 5. The number of pyridine rings is 1. The van der Waals surface area contributed by atoms with Crippen LogP contribution in [0.2, 0.25) is 0 Å². The Morgan fingerprint density at radius 2 is 1.90 bits per heavy atom. The molecule has 146 valence electrons. The van der Waals surface area contributed by atoms with Crippen LogP contribution in [-0.2, 0) is 0 Å². The Morgan fingerprint density at radius 3 is 2.69 bits per heavy atom. The lowest BCUT2D eigenvalue weighted by Gasteiger charge is -2.38. The summed E-state index contributed by atoms with van der Waals surface area (Å²) in [6.45, 7) is 1.97. The van der Waals surface area contributed by atoms with E-state index in [-0.39, 0.29) is 11.9 Å². The van der Waals surface area contributed by atoms with Gasteiger partial charge >= 0.3 is 0 Å². The van der Waals surface area contributed by atoms with Crippen LogP contribution in [0.25, 0.3) is 16.6 Å². The molecule has 1 aliphatic heterocycles. The Labute approximate surface area is 168 Å². The summed E-state index contributed by atoms with van der Waals surface area (Å²) in [4.78, 5) is 16.8. The van der Waals surface area contributed by atoms with Gasteiger partial charge < -0.3 is 9.32 Å². The summed E-state index contributed by atoms with van der Waals surface area (Å²) in [6.07, 6.45) is 3.52. The van der Waals surface area contributed by atoms with Crippen LogP contribution in [0.1, 0.15) is 22.3 Å². The zero-order valence-electron chi connectivity index (χ0n) is 16.1. The number of piperazine rings is 1. The van der Waals surface area contributed by atoms with E-state index in [1.54, 1.807) is 12.1 Å². The molecule has 0 unspecified atom stereocenters. The number of carbonyl (C=O) groups excluding carboxylic acids is 1. The van der Waals surface area contributed by atoms with Crippen molar-refractivity contribution in [1.82, 2.24) is 24.6 Å². The van der Waals surface area contributed by atoms with Crippen molar-refractivity contribution in [3.8, 4) is 11.1 Å². The second-order valence-electron chi connectivity index (χ2n) is 7.31. The highest BCUT2D eigenvalue weighted by atomic mass is 16.3. The van der Waals surface area contributed by atoms with Crippen molar-refractivity contribution in [2.45, 2.75) is 6.04 Å².